The Hall–Kier alpha value is -0.320. The topological polar surface area (TPSA) is 42.7 Å². The summed E-state index contributed by atoms with van der Waals surface area (Å²) in [7, 11) is 0. The van der Waals surface area contributed by atoms with Crippen LogP contribution in [0.25, 0.3) is 0 Å². The van der Waals surface area contributed by atoms with Gasteiger partial charge in [0.15, 0.2) is 0 Å². The summed E-state index contributed by atoms with van der Waals surface area (Å²) >= 11 is 0. The third kappa shape index (κ3) is 1.54. The molecule has 1 saturated heterocycles. The van der Waals surface area contributed by atoms with Gasteiger partial charge in [0.05, 0.1) is 0 Å². The Morgan fingerprint density at radius 2 is 1.62 bits per heavy atom. The average molecular weight is 223 g/mol. The van der Waals surface area contributed by atoms with Gasteiger partial charge in [-0.15, -0.1) is 35.0 Å². The van der Waals surface area contributed by atoms with Crippen LogP contribution in [0.5, 0.6) is 0 Å². The average Bonchev–Trinajstić information content (AvgIpc) is 2.57. The number of aromatic nitrogens is 3. The molecule has 1 aromatic heterocycles. The largest absolute Gasteiger partial charge is 0.316 e. The summed E-state index contributed by atoms with van der Waals surface area (Å²) in [6.45, 7) is 2.35. The number of nitrogens with zero attached hydrogens (tertiary/aromatic N) is 3. The van der Waals surface area contributed by atoms with Crippen LogP contribution in [0, 0.1) is 11.8 Å². The van der Waals surface area contributed by atoms with Crippen LogP contribution in [0.3, 0.4) is 0 Å². The molecule has 13 heavy (non-hydrogen) atoms. The van der Waals surface area contributed by atoms with Crippen molar-refractivity contribution < 1.29 is 0 Å². The highest BCUT2D eigenvalue weighted by atomic mass is 35.5. The lowest BCUT2D eigenvalue weighted by atomic mass is 10.4. The number of hydrogen-bond acceptors (Lipinski definition) is 3. The van der Waals surface area contributed by atoms with Crippen molar-refractivity contribution in [3.63, 3.8) is 0 Å². The van der Waals surface area contributed by atoms with Gasteiger partial charge in [-0.1, -0.05) is 0 Å². The molecule has 2 heterocycles. The summed E-state index contributed by atoms with van der Waals surface area (Å²) in [4.78, 5) is 0. The molecule has 1 N–H and O–H groups in total. The fourth-order valence-corrected chi connectivity index (χ4v) is 2.19. The molecule has 74 valence electrons. The first kappa shape index (κ1) is 10.8. The van der Waals surface area contributed by atoms with E-state index in [1.807, 2.05) is 12.7 Å². The van der Waals surface area contributed by atoms with Crippen molar-refractivity contribution in [2.45, 2.75) is 6.04 Å². The minimum Gasteiger partial charge on any atom is -0.316 e. The van der Waals surface area contributed by atoms with Gasteiger partial charge in [-0.2, -0.15) is 0 Å². The van der Waals surface area contributed by atoms with Crippen LogP contribution >= 0.6 is 24.8 Å². The van der Waals surface area contributed by atoms with E-state index in [0.717, 1.165) is 11.8 Å². The number of hydrogen-bond donors (Lipinski definition) is 1. The maximum atomic E-state index is 3.80. The lowest BCUT2D eigenvalue weighted by Gasteiger charge is -2.02. The van der Waals surface area contributed by atoms with Crippen LogP contribution in [0.4, 0.5) is 0 Å². The summed E-state index contributed by atoms with van der Waals surface area (Å²) in [6.07, 6.45) is 3.64. The van der Waals surface area contributed by atoms with Gasteiger partial charge >= 0.3 is 0 Å². The van der Waals surface area contributed by atoms with Gasteiger partial charge in [0.2, 0.25) is 0 Å². The van der Waals surface area contributed by atoms with E-state index in [2.05, 4.69) is 20.1 Å². The van der Waals surface area contributed by atoms with Crippen LogP contribution in [0.15, 0.2) is 12.7 Å². The highest BCUT2D eigenvalue weighted by molar-refractivity contribution is 5.85. The number of nitrogens with one attached hydrogen (secondary N) is 1. The third-order valence-electron chi connectivity index (χ3n) is 2.83. The molecule has 0 bridgehead atoms. The monoisotopic (exact) mass is 222 g/mol. The first-order valence-electron chi connectivity index (χ1n) is 4.01. The Kier molecular flexibility index (Phi) is 3.16. The molecular formula is C7H12Cl2N4. The lowest BCUT2D eigenvalue weighted by molar-refractivity contribution is 0.568. The van der Waals surface area contributed by atoms with E-state index >= 15 is 0 Å². The summed E-state index contributed by atoms with van der Waals surface area (Å²) in [5, 5.41) is 11.0. The lowest BCUT2D eigenvalue weighted by Crippen LogP contribution is -2.15. The zero-order valence-electron chi connectivity index (χ0n) is 6.96. The molecule has 0 aromatic carbocycles. The molecule has 2 aliphatic rings. The number of halogens is 2. The van der Waals surface area contributed by atoms with Crippen molar-refractivity contribution in [1.82, 2.24) is 20.1 Å². The standard InChI is InChI=1S/C7H10N4.2ClH/c1-5-6(2-8-1)7(5)11-3-9-10-4-11;;/h3-8H,1-2H2;2*1H/t5-,6+,7?;;. The Labute approximate surface area is 88.9 Å². The number of fused-ring (bicyclic) bond motifs is 1. The molecule has 1 saturated carbocycles. The van der Waals surface area contributed by atoms with Gasteiger partial charge in [0.25, 0.3) is 0 Å². The van der Waals surface area contributed by atoms with Gasteiger partial charge < -0.3 is 9.88 Å². The van der Waals surface area contributed by atoms with Gasteiger partial charge in [0.1, 0.15) is 12.7 Å². The molecule has 0 amide bonds. The Bertz CT molecular complexity index is 253. The van der Waals surface area contributed by atoms with Gasteiger partial charge in [-0.3, -0.25) is 0 Å². The van der Waals surface area contributed by atoms with E-state index in [9.17, 15) is 0 Å². The van der Waals surface area contributed by atoms with Crippen molar-refractivity contribution in [1.29, 1.82) is 0 Å². The molecule has 4 nitrogen and oxygen atoms in total. The molecule has 1 unspecified atom stereocenters. The smallest absolute Gasteiger partial charge is 0.119 e. The van der Waals surface area contributed by atoms with E-state index in [1.165, 1.54) is 13.1 Å². The normalized spacial score (nSPS) is 34.3. The van der Waals surface area contributed by atoms with Crippen molar-refractivity contribution in [3.05, 3.63) is 12.7 Å². The highest BCUT2D eigenvalue weighted by Gasteiger charge is 2.53. The van der Waals surface area contributed by atoms with E-state index in [1.54, 1.807) is 0 Å². The third-order valence-corrected chi connectivity index (χ3v) is 2.83. The molecule has 1 aliphatic carbocycles. The molecule has 0 radical (unpaired) electrons. The minimum absolute atomic E-state index is 0. The Balaban J connectivity index is 0.000000422. The first-order chi connectivity index (χ1) is 5.47. The van der Waals surface area contributed by atoms with Gasteiger partial charge in [-0.25, -0.2) is 0 Å². The molecule has 3 atom stereocenters. The van der Waals surface area contributed by atoms with Crippen LogP contribution in [-0.4, -0.2) is 27.9 Å². The van der Waals surface area contributed by atoms with E-state index in [-0.39, 0.29) is 24.8 Å². The molecule has 0 spiro atoms. The fraction of sp³-hybridized carbons (Fsp3) is 0.714. The summed E-state index contributed by atoms with van der Waals surface area (Å²) in [5.74, 6) is 1.71. The van der Waals surface area contributed by atoms with Crippen molar-refractivity contribution >= 4 is 24.8 Å². The second-order valence-electron chi connectivity index (χ2n) is 3.39. The fourth-order valence-electron chi connectivity index (χ4n) is 2.19. The molecule has 3 rings (SSSR count). The second kappa shape index (κ2) is 3.82. The van der Waals surface area contributed by atoms with Crippen LogP contribution in [0.2, 0.25) is 0 Å². The zero-order chi connectivity index (χ0) is 7.26. The maximum Gasteiger partial charge on any atom is 0.119 e. The zero-order valence-corrected chi connectivity index (χ0v) is 8.59. The highest BCUT2D eigenvalue weighted by Crippen LogP contribution is 2.52. The Morgan fingerprint density at radius 1 is 1.08 bits per heavy atom. The predicted octanol–water partition coefficient (Wildman–Crippen LogP) is 0.512. The SMILES string of the molecule is Cl.Cl.c1nncn1C1[C@H]2CNC[C@@H]12. The molecule has 2 fully saturated rings. The minimum atomic E-state index is 0. The molecule has 6 heteroatoms. The van der Waals surface area contributed by atoms with Crippen LogP contribution in [0.1, 0.15) is 6.04 Å². The first-order valence-corrected chi connectivity index (χ1v) is 4.01. The van der Waals surface area contributed by atoms with E-state index < -0.39 is 0 Å². The Morgan fingerprint density at radius 3 is 2.15 bits per heavy atom. The summed E-state index contributed by atoms with van der Waals surface area (Å²) in [6, 6.07) is 0.700. The van der Waals surface area contributed by atoms with E-state index in [0.29, 0.717) is 6.04 Å². The van der Waals surface area contributed by atoms with Crippen molar-refractivity contribution in [2.75, 3.05) is 13.1 Å². The maximum absolute atomic E-state index is 3.80. The summed E-state index contributed by atoms with van der Waals surface area (Å²) < 4.78 is 2.14. The summed E-state index contributed by atoms with van der Waals surface area (Å²) in [5.41, 5.74) is 0. The van der Waals surface area contributed by atoms with Crippen LogP contribution < -0.4 is 5.32 Å². The molecular weight excluding hydrogens is 211 g/mol. The number of rotatable bonds is 1. The predicted molar refractivity (Wildman–Crippen MR) is 53.4 cm³/mol. The van der Waals surface area contributed by atoms with Gasteiger partial charge in [-0.05, 0) is 11.8 Å². The molecule has 1 aromatic rings. The van der Waals surface area contributed by atoms with Crippen molar-refractivity contribution in [2.24, 2.45) is 11.8 Å². The molecule has 1 aliphatic heterocycles. The van der Waals surface area contributed by atoms with E-state index in [4.69, 9.17) is 0 Å². The number of piperidine rings is 1. The van der Waals surface area contributed by atoms with Crippen LogP contribution in [-0.2, 0) is 0 Å². The van der Waals surface area contributed by atoms with Crippen molar-refractivity contribution in [3.8, 4) is 0 Å². The quantitative estimate of drug-likeness (QED) is 0.754. The van der Waals surface area contributed by atoms with Gasteiger partial charge in [0, 0.05) is 19.1 Å². The second-order valence-corrected chi connectivity index (χ2v) is 3.39.